The van der Waals surface area contributed by atoms with Crippen LogP contribution in [0.25, 0.3) is 0 Å². The molecule has 1 aliphatic rings. The van der Waals surface area contributed by atoms with Crippen molar-refractivity contribution in [3.05, 3.63) is 35.9 Å². The third kappa shape index (κ3) is 5.38. The van der Waals surface area contributed by atoms with Gasteiger partial charge in [-0.2, -0.15) is 0 Å². The summed E-state index contributed by atoms with van der Waals surface area (Å²) in [6, 6.07) is 10.1. The molecule has 1 N–H and O–H groups in total. The van der Waals surface area contributed by atoms with Crippen molar-refractivity contribution in [2.24, 2.45) is 11.8 Å². The Bertz CT molecular complexity index is 527. The molecule has 1 aromatic rings. The molecule has 0 saturated carbocycles. The highest BCUT2D eigenvalue weighted by Crippen LogP contribution is 2.20. The van der Waals surface area contributed by atoms with E-state index in [9.17, 15) is 9.59 Å². The van der Waals surface area contributed by atoms with Crippen molar-refractivity contribution in [2.75, 3.05) is 6.54 Å². The van der Waals surface area contributed by atoms with Crippen LogP contribution >= 0.6 is 0 Å². The molecule has 23 heavy (non-hydrogen) atoms. The molecule has 2 amide bonds. The van der Waals surface area contributed by atoms with E-state index in [-0.39, 0.29) is 23.8 Å². The van der Waals surface area contributed by atoms with E-state index >= 15 is 0 Å². The summed E-state index contributed by atoms with van der Waals surface area (Å²) in [5.74, 6) is 0.519. The van der Waals surface area contributed by atoms with Crippen molar-refractivity contribution in [3.63, 3.8) is 0 Å². The average molecular weight is 316 g/mol. The van der Waals surface area contributed by atoms with Gasteiger partial charge in [0.2, 0.25) is 11.8 Å². The number of likely N-dealkylation sites (tertiary alicyclic amines) is 1. The fraction of sp³-hybridized carbons (Fsp3) is 0.579. The Morgan fingerprint density at radius 3 is 2.57 bits per heavy atom. The first-order chi connectivity index (χ1) is 11.0. The van der Waals surface area contributed by atoms with Gasteiger partial charge in [-0.1, -0.05) is 44.2 Å². The van der Waals surface area contributed by atoms with Gasteiger partial charge in [0.05, 0.1) is 5.92 Å². The number of amides is 2. The van der Waals surface area contributed by atoms with Crippen LogP contribution < -0.4 is 5.32 Å². The fourth-order valence-corrected chi connectivity index (χ4v) is 2.92. The van der Waals surface area contributed by atoms with Crippen LogP contribution in [0.1, 0.15) is 45.6 Å². The summed E-state index contributed by atoms with van der Waals surface area (Å²) in [4.78, 5) is 26.3. The van der Waals surface area contributed by atoms with E-state index in [0.29, 0.717) is 25.4 Å². The predicted molar refractivity (Wildman–Crippen MR) is 91.6 cm³/mol. The number of nitrogens with one attached hydrogen (secondary N) is 1. The minimum absolute atomic E-state index is 0.0187. The first-order valence-corrected chi connectivity index (χ1v) is 8.57. The van der Waals surface area contributed by atoms with E-state index in [4.69, 9.17) is 0 Å². The Hall–Kier alpha value is -1.84. The van der Waals surface area contributed by atoms with Crippen LogP contribution in [0.4, 0.5) is 0 Å². The summed E-state index contributed by atoms with van der Waals surface area (Å²) < 4.78 is 0. The van der Waals surface area contributed by atoms with Gasteiger partial charge in [0.25, 0.3) is 0 Å². The molecule has 4 heteroatoms. The molecule has 1 saturated heterocycles. The monoisotopic (exact) mass is 316 g/mol. The van der Waals surface area contributed by atoms with Gasteiger partial charge in [-0.15, -0.1) is 0 Å². The van der Waals surface area contributed by atoms with E-state index in [1.165, 1.54) is 0 Å². The van der Waals surface area contributed by atoms with E-state index in [0.717, 1.165) is 18.4 Å². The fourth-order valence-electron chi connectivity index (χ4n) is 2.92. The summed E-state index contributed by atoms with van der Waals surface area (Å²) in [7, 11) is 0. The highest BCUT2D eigenvalue weighted by molar-refractivity contribution is 5.89. The lowest BCUT2D eigenvalue weighted by molar-refractivity contribution is -0.129. The molecule has 0 aliphatic carbocycles. The van der Waals surface area contributed by atoms with Gasteiger partial charge >= 0.3 is 0 Å². The van der Waals surface area contributed by atoms with Gasteiger partial charge in [-0.05, 0) is 31.2 Å². The smallest absolute Gasteiger partial charge is 0.225 e. The molecule has 0 bridgehead atoms. The maximum absolute atomic E-state index is 12.4. The Morgan fingerprint density at radius 1 is 1.22 bits per heavy atom. The third-order valence-electron chi connectivity index (χ3n) is 4.37. The number of benzene rings is 1. The van der Waals surface area contributed by atoms with Gasteiger partial charge in [0, 0.05) is 25.6 Å². The van der Waals surface area contributed by atoms with E-state index in [1.807, 2.05) is 37.3 Å². The highest BCUT2D eigenvalue weighted by Gasteiger charge is 2.34. The Balaban J connectivity index is 1.83. The van der Waals surface area contributed by atoms with Gasteiger partial charge in [-0.3, -0.25) is 9.59 Å². The van der Waals surface area contributed by atoms with Crippen LogP contribution in [-0.2, 0) is 16.1 Å². The second-order valence-corrected chi connectivity index (χ2v) is 7.04. The standard InChI is InChI=1S/C19H28N2O2/c1-14(2)9-10-15(3)20-19(23)17-11-18(22)21(13-17)12-16-7-5-4-6-8-16/h4-8,14-15,17H,9-13H2,1-3H3,(H,20,23). The minimum atomic E-state index is -0.215. The molecule has 0 spiro atoms. The lowest BCUT2D eigenvalue weighted by Crippen LogP contribution is -2.38. The van der Waals surface area contributed by atoms with Crippen molar-refractivity contribution >= 4 is 11.8 Å². The molecule has 1 fully saturated rings. The van der Waals surface area contributed by atoms with E-state index in [1.54, 1.807) is 4.90 Å². The van der Waals surface area contributed by atoms with E-state index < -0.39 is 0 Å². The SMILES string of the molecule is CC(C)CCC(C)NC(=O)C1CC(=O)N(Cc2ccccc2)C1. The van der Waals surface area contributed by atoms with Crippen molar-refractivity contribution in [2.45, 2.75) is 52.6 Å². The Labute approximate surface area is 139 Å². The topological polar surface area (TPSA) is 49.4 Å². The molecule has 4 nitrogen and oxygen atoms in total. The number of carbonyl (C=O) groups is 2. The quantitative estimate of drug-likeness (QED) is 0.841. The van der Waals surface area contributed by atoms with Crippen LogP contribution in [0.15, 0.2) is 30.3 Å². The van der Waals surface area contributed by atoms with Gasteiger partial charge in [0.1, 0.15) is 0 Å². The van der Waals surface area contributed by atoms with Crippen molar-refractivity contribution < 1.29 is 9.59 Å². The molecule has 0 aromatic heterocycles. The zero-order valence-corrected chi connectivity index (χ0v) is 14.4. The van der Waals surface area contributed by atoms with Gasteiger partial charge in [0.15, 0.2) is 0 Å². The van der Waals surface area contributed by atoms with Crippen LogP contribution in [0.2, 0.25) is 0 Å². The first-order valence-electron chi connectivity index (χ1n) is 8.57. The number of rotatable bonds is 7. The molecular formula is C19H28N2O2. The molecule has 1 heterocycles. The zero-order chi connectivity index (χ0) is 16.8. The maximum atomic E-state index is 12.4. The number of carbonyl (C=O) groups excluding carboxylic acids is 2. The number of nitrogens with zero attached hydrogens (tertiary/aromatic N) is 1. The number of hydrogen-bond acceptors (Lipinski definition) is 2. The molecule has 0 radical (unpaired) electrons. The van der Waals surface area contributed by atoms with Gasteiger partial charge in [-0.25, -0.2) is 0 Å². The normalized spacial score (nSPS) is 19.2. The summed E-state index contributed by atoms with van der Waals surface area (Å²) in [5.41, 5.74) is 1.10. The summed E-state index contributed by atoms with van der Waals surface area (Å²) in [6.07, 6.45) is 2.42. The summed E-state index contributed by atoms with van der Waals surface area (Å²) >= 11 is 0. The zero-order valence-electron chi connectivity index (χ0n) is 14.4. The summed E-state index contributed by atoms with van der Waals surface area (Å²) in [6.45, 7) is 7.53. The maximum Gasteiger partial charge on any atom is 0.225 e. The van der Waals surface area contributed by atoms with Crippen LogP contribution in [-0.4, -0.2) is 29.3 Å². The molecule has 126 valence electrons. The van der Waals surface area contributed by atoms with E-state index in [2.05, 4.69) is 19.2 Å². The molecule has 2 unspecified atom stereocenters. The van der Waals surface area contributed by atoms with Crippen molar-refractivity contribution in [1.29, 1.82) is 0 Å². The molecular weight excluding hydrogens is 288 g/mol. The van der Waals surface area contributed by atoms with Crippen LogP contribution in [0, 0.1) is 11.8 Å². The molecule has 1 aliphatic heterocycles. The van der Waals surface area contributed by atoms with Crippen LogP contribution in [0.5, 0.6) is 0 Å². The average Bonchev–Trinajstić information content (AvgIpc) is 2.87. The first kappa shape index (κ1) is 17.5. The lowest BCUT2D eigenvalue weighted by Gasteiger charge is -2.19. The largest absolute Gasteiger partial charge is 0.353 e. The number of hydrogen-bond donors (Lipinski definition) is 1. The molecule has 2 rings (SSSR count). The second-order valence-electron chi connectivity index (χ2n) is 7.04. The Kier molecular flexibility index (Phi) is 6.20. The predicted octanol–water partition coefficient (Wildman–Crippen LogP) is 2.98. The third-order valence-corrected chi connectivity index (χ3v) is 4.37. The highest BCUT2D eigenvalue weighted by atomic mass is 16.2. The summed E-state index contributed by atoms with van der Waals surface area (Å²) in [5, 5.41) is 3.06. The molecule has 1 aromatic carbocycles. The van der Waals surface area contributed by atoms with Crippen LogP contribution in [0.3, 0.4) is 0 Å². The Morgan fingerprint density at radius 2 is 1.91 bits per heavy atom. The minimum Gasteiger partial charge on any atom is -0.353 e. The second kappa shape index (κ2) is 8.14. The molecule has 2 atom stereocenters. The van der Waals surface area contributed by atoms with Crippen molar-refractivity contribution in [3.8, 4) is 0 Å². The lowest BCUT2D eigenvalue weighted by atomic mass is 10.0. The van der Waals surface area contributed by atoms with Gasteiger partial charge < -0.3 is 10.2 Å². The van der Waals surface area contributed by atoms with Crippen molar-refractivity contribution in [1.82, 2.24) is 10.2 Å².